The van der Waals surface area contributed by atoms with Gasteiger partial charge in [0.2, 0.25) is 0 Å². The summed E-state index contributed by atoms with van der Waals surface area (Å²) in [5.41, 5.74) is 6.02. The second-order valence-electron chi connectivity index (χ2n) is 3.62. The second-order valence-corrected chi connectivity index (χ2v) is 3.62. The summed E-state index contributed by atoms with van der Waals surface area (Å²) < 4.78 is 0. The first-order chi connectivity index (χ1) is 4.88. The monoisotopic (exact) mass is 140 g/mol. The van der Waals surface area contributed by atoms with Crippen LogP contribution >= 0.6 is 0 Å². The summed E-state index contributed by atoms with van der Waals surface area (Å²) in [6, 6.07) is 1.11. The fraction of sp³-hybridized carbons (Fsp3) is 1.00. The van der Waals surface area contributed by atoms with Gasteiger partial charge in [0, 0.05) is 12.1 Å². The highest BCUT2D eigenvalue weighted by Gasteiger charge is 2.34. The lowest BCUT2D eigenvalue weighted by atomic mass is 10.0. The molecule has 0 aromatic rings. The Hall–Kier alpha value is -0.0800. The van der Waals surface area contributed by atoms with Crippen LogP contribution in [0.3, 0.4) is 0 Å². The van der Waals surface area contributed by atoms with Crippen molar-refractivity contribution in [3.05, 3.63) is 0 Å². The Morgan fingerprint density at radius 1 is 1.30 bits per heavy atom. The molecule has 2 nitrogen and oxygen atoms in total. The van der Waals surface area contributed by atoms with Gasteiger partial charge in [-0.25, -0.2) is 0 Å². The molecule has 1 aliphatic carbocycles. The summed E-state index contributed by atoms with van der Waals surface area (Å²) in [6.45, 7) is 1.19. The number of rotatable bonds is 2. The summed E-state index contributed by atoms with van der Waals surface area (Å²) in [5, 5.41) is 3.45. The minimum Gasteiger partial charge on any atom is -0.326 e. The third kappa shape index (κ3) is 1.18. The Balaban J connectivity index is 1.84. The van der Waals surface area contributed by atoms with Crippen molar-refractivity contribution in [2.75, 3.05) is 6.54 Å². The van der Waals surface area contributed by atoms with Gasteiger partial charge in [0.15, 0.2) is 0 Å². The van der Waals surface area contributed by atoms with Crippen molar-refractivity contribution < 1.29 is 0 Å². The zero-order valence-corrected chi connectivity index (χ0v) is 6.34. The normalized spacial score (nSPS) is 36.3. The van der Waals surface area contributed by atoms with E-state index in [1.54, 1.807) is 0 Å². The van der Waals surface area contributed by atoms with Crippen LogP contribution in [0.5, 0.6) is 0 Å². The predicted octanol–water partition coefficient (Wildman–Crippen LogP) is 0.476. The van der Waals surface area contributed by atoms with Crippen LogP contribution in [0.4, 0.5) is 0 Å². The van der Waals surface area contributed by atoms with Gasteiger partial charge < -0.3 is 11.1 Å². The highest BCUT2D eigenvalue weighted by atomic mass is 15.0. The molecule has 3 N–H and O–H groups in total. The van der Waals surface area contributed by atoms with E-state index in [9.17, 15) is 0 Å². The van der Waals surface area contributed by atoms with Crippen LogP contribution in [0.1, 0.15) is 25.7 Å². The Kier molecular flexibility index (Phi) is 1.66. The molecule has 0 spiro atoms. The SMILES string of the molecule is NC(C1CC1)[C@H]1CCCN1. The summed E-state index contributed by atoms with van der Waals surface area (Å²) in [7, 11) is 0. The van der Waals surface area contributed by atoms with Gasteiger partial charge in [0.25, 0.3) is 0 Å². The minimum absolute atomic E-state index is 0.461. The van der Waals surface area contributed by atoms with E-state index >= 15 is 0 Å². The molecule has 1 saturated heterocycles. The average molecular weight is 140 g/mol. The molecule has 0 bridgehead atoms. The average Bonchev–Trinajstić information content (AvgIpc) is 2.65. The van der Waals surface area contributed by atoms with Crippen molar-refractivity contribution in [2.24, 2.45) is 11.7 Å². The van der Waals surface area contributed by atoms with Crippen molar-refractivity contribution in [3.8, 4) is 0 Å². The lowest BCUT2D eigenvalue weighted by molar-refractivity contribution is 0.444. The number of nitrogens with two attached hydrogens (primary N) is 1. The van der Waals surface area contributed by atoms with Gasteiger partial charge in [-0.2, -0.15) is 0 Å². The van der Waals surface area contributed by atoms with Crippen LogP contribution in [0.25, 0.3) is 0 Å². The number of hydrogen-bond donors (Lipinski definition) is 2. The van der Waals surface area contributed by atoms with Gasteiger partial charge in [-0.15, -0.1) is 0 Å². The molecule has 1 heterocycles. The lowest BCUT2D eigenvalue weighted by Gasteiger charge is -2.18. The van der Waals surface area contributed by atoms with Crippen LogP contribution in [-0.4, -0.2) is 18.6 Å². The van der Waals surface area contributed by atoms with E-state index < -0.39 is 0 Å². The van der Waals surface area contributed by atoms with Crippen molar-refractivity contribution in [1.29, 1.82) is 0 Å². The van der Waals surface area contributed by atoms with Gasteiger partial charge >= 0.3 is 0 Å². The van der Waals surface area contributed by atoms with E-state index in [0.717, 1.165) is 5.92 Å². The quantitative estimate of drug-likeness (QED) is 0.585. The molecule has 2 atom stereocenters. The maximum absolute atomic E-state index is 6.02. The second kappa shape index (κ2) is 2.51. The van der Waals surface area contributed by atoms with Gasteiger partial charge in [0.05, 0.1) is 0 Å². The van der Waals surface area contributed by atoms with Crippen molar-refractivity contribution >= 4 is 0 Å². The van der Waals surface area contributed by atoms with Gasteiger partial charge in [-0.3, -0.25) is 0 Å². The Morgan fingerprint density at radius 3 is 2.60 bits per heavy atom. The van der Waals surface area contributed by atoms with E-state index in [1.165, 1.54) is 32.2 Å². The first-order valence-corrected chi connectivity index (χ1v) is 4.37. The maximum Gasteiger partial charge on any atom is 0.0223 e. The molecule has 2 aliphatic rings. The van der Waals surface area contributed by atoms with Crippen molar-refractivity contribution in [3.63, 3.8) is 0 Å². The van der Waals surface area contributed by atoms with Crippen LogP contribution in [0.2, 0.25) is 0 Å². The molecule has 0 aromatic heterocycles. The molecule has 58 valence electrons. The third-order valence-electron chi connectivity index (χ3n) is 2.73. The van der Waals surface area contributed by atoms with Crippen molar-refractivity contribution in [2.45, 2.75) is 37.8 Å². The number of hydrogen-bond acceptors (Lipinski definition) is 2. The molecule has 10 heavy (non-hydrogen) atoms. The summed E-state index contributed by atoms with van der Waals surface area (Å²) in [5.74, 6) is 0.857. The smallest absolute Gasteiger partial charge is 0.0223 e. The zero-order chi connectivity index (χ0) is 6.97. The molecule has 0 aromatic carbocycles. The Bertz CT molecular complexity index is 114. The van der Waals surface area contributed by atoms with E-state index in [1.807, 2.05) is 0 Å². The highest BCUT2D eigenvalue weighted by molar-refractivity contribution is 4.94. The van der Waals surface area contributed by atoms with Crippen LogP contribution in [0.15, 0.2) is 0 Å². The van der Waals surface area contributed by atoms with Crippen LogP contribution in [0, 0.1) is 5.92 Å². The lowest BCUT2D eigenvalue weighted by Crippen LogP contribution is -2.42. The summed E-state index contributed by atoms with van der Waals surface area (Å²) >= 11 is 0. The maximum atomic E-state index is 6.02. The topological polar surface area (TPSA) is 38.0 Å². The predicted molar refractivity (Wildman–Crippen MR) is 41.7 cm³/mol. The van der Waals surface area contributed by atoms with Gasteiger partial charge in [-0.1, -0.05) is 0 Å². The molecule has 1 saturated carbocycles. The molecule has 2 fully saturated rings. The van der Waals surface area contributed by atoms with Crippen LogP contribution < -0.4 is 11.1 Å². The molecule has 0 radical (unpaired) electrons. The van der Waals surface area contributed by atoms with Crippen molar-refractivity contribution in [1.82, 2.24) is 5.32 Å². The van der Waals surface area contributed by atoms with Gasteiger partial charge in [0.1, 0.15) is 0 Å². The highest BCUT2D eigenvalue weighted by Crippen LogP contribution is 2.34. The molecule has 2 heteroatoms. The largest absolute Gasteiger partial charge is 0.326 e. The van der Waals surface area contributed by atoms with Crippen LogP contribution in [-0.2, 0) is 0 Å². The first-order valence-electron chi connectivity index (χ1n) is 4.37. The molecule has 2 rings (SSSR count). The summed E-state index contributed by atoms with van der Waals surface area (Å²) in [6.07, 6.45) is 5.38. The zero-order valence-electron chi connectivity index (χ0n) is 6.34. The standard InChI is InChI=1S/C8H16N2/c9-8(6-3-4-6)7-2-1-5-10-7/h6-8,10H,1-5,9H2/t7-,8?/m1/s1. The van der Waals surface area contributed by atoms with E-state index in [-0.39, 0.29) is 0 Å². The molecule has 1 unspecified atom stereocenters. The molecular weight excluding hydrogens is 124 g/mol. The molecular formula is C8H16N2. The fourth-order valence-electron chi connectivity index (χ4n) is 1.85. The summed E-state index contributed by atoms with van der Waals surface area (Å²) in [4.78, 5) is 0. The Morgan fingerprint density at radius 2 is 2.10 bits per heavy atom. The molecule has 0 amide bonds. The first kappa shape index (κ1) is 6.62. The number of nitrogens with one attached hydrogen (secondary N) is 1. The minimum atomic E-state index is 0.461. The third-order valence-corrected chi connectivity index (χ3v) is 2.73. The molecule has 1 aliphatic heterocycles. The van der Waals surface area contributed by atoms with E-state index in [0.29, 0.717) is 12.1 Å². The van der Waals surface area contributed by atoms with E-state index in [2.05, 4.69) is 5.32 Å². The Labute approximate surface area is 62.2 Å². The van der Waals surface area contributed by atoms with E-state index in [4.69, 9.17) is 5.73 Å². The fourth-order valence-corrected chi connectivity index (χ4v) is 1.85. The van der Waals surface area contributed by atoms with Gasteiger partial charge in [-0.05, 0) is 38.1 Å².